The molecule has 2 atom stereocenters. The zero-order valence-electron chi connectivity index (χ0n) is 10.6. The Morgan fingerprint density at radius 2 is 1.72 bits per heavy atom. The van der Waals surface area contributed by atoms with Crippen molar-refractivity contribution in [3.63, 3.8) is 0 Å². The molecule has 2 heterocycles. The van der Waals surface area contributed by atoms with Crippen LogP contribution in [0.15, 0.2) is 16.1 Å². The monoisotopic (exact) mass is 254 g/mol. The van der Waals surface area contributed by atoms with E-state index in [4.69, 9.17) is 10.5 Å². The number of carbonyl (C=O) groups excluding carboxylic acids is 2. The van der Waals surface area contributed by atoms with E-state index in [2.05, 4.69) is 14.5 Å². The Morgan fingerprint density at radius 3 is 2.22 bits per heavy atom. The van der Waals surface area contributed by atoms with Crippen LogP contribution < -0.4 is 5.73 Å². The van der Waals surface area contributed by atoms with Crippen LogP contribution in [0.4, 0.5) is 0 Å². The molecule has 0 aliphatic carbocycles. The van der Waals surface area contributed by atoms with E-state index in [1.807, 2.05) is 0 Å². The second-order valence-corrected chi connectivity index (χ2v) is 4.26. The molecule has 0 fully saturated rings. The van der Waals surface area contributed by atoms with Gasteiger partial charge in [-0.3, -0.25) is 5.73 Å². The van der Waals surface area contributed by atoms with Gasteiger partial charge < -0.3 is 14.2 Å². The number of nitrogens with zero attached hydrogens (tertiary/aromatic N) is 1. The normalized spacial score (nSPS) is 33.5. The summed E-state index contributed by atoms with van der Waals surface area (Å²) in [6.07, 6.45) is 0. The molecule has 2 aliphatic rings. The van der Waals surface area contributed by atoms with Crippen molar-refractivity contribution in [1.82, 2.24) is 0 Å². The summed E-state index contributed by atoms with van der Waals surface area (Å²) in [5, 5.41) is 0. The molecule has 2 aliphatic heterocycles. The van der Waals surface area contributed by atoms with Crippen molar-refractivity contribution in [1.29, 1.82) is 0 Å². The van der Waals surface area contributed by atoms with Crippen molar-refractivity contribution in [2.45, 2.75) is 25.3 Å². The van der Waals surface area contributed by atoms with Crippen LogP contribution in [-0.2, 0) is 23.8 Å². The summed E-state index contributed by atoms with van der Waals surface area (Å²) in [5.41, 5.74) is 5.21. The molecule has 0 radical (unpaired) electrons. The molecular weight excluding hydrogens is 240 g/mol. The lowest BCUT2D eigenvalue weighted by Gasteiger charge is -2.22. The topological polar surface area (TPSA) is 100 Å². The van der Waals surface area contributed by atoms with Crippen LogP contribution in [0.5, 0.6) is 0 Å². The van der Waals surface area contributed by atoms with E-state index >= 15 is 0 Å². The van der Waals surface area contributed by atoms with Gasteiger partial charge in [0.2, 0.25) is 5.85 Å². The highest BCUT2D eigenvalue weighted by atomic mass is 16.6. The average molecular weight is 254 g/mol. The average Bonchev–Trinajstić information content (AvgIpc) is 2.69. The lowest BCUT2D eigenvalue weighted by atomic mass is 9.87. The van der Waals surface area contributed by atoms with Gasteiger partial charge in [-0.1, -0.05) is 0 Å². The zero-order chi connectivity index (χ0) is 13.7. The molecule has 0 saturated heterocycles. The molecule has 0 amide bonds. The Labute approximate surface area is 104 Å². The summed E-state index contributed by atoms with van der Waals surface area (Å²) in [6, 6.07) is 0. The number of nitrogens with two attached hydrogens (primary N) is 1. The highest BCUT2D eigenvalue weighted by molar-refractivity contribution is 6.13. The number of carbonyl (C=O) groups is 2. The van der Waals surface area contributed by atoms with Crippen LogP contribution in [0.25, 0.3) is 0 Å². The molecule has 2 unspecified atom stereocenters. The third-order valence-electron chi connectivity index (χ3n) is 3.25. The predicted molar refractivity (Wildman–Crippen MR) is 60.6 cm³/mol. The lowest BCUT2D eigenvalue weighted by molar-refractivity contribution is -0.139. The van der Waals surface area contributed by atoms with Gasteiger partial charge in [0.05, 0.1) is 25.5 Å². The molecule has 2 bridgehead atoms. The number of aliphatic imine (C=N–C) groups is 1. The largest absolute Gasteiger partial charge is 0.466 e. The number of hydrogen-bond acceptors (Lipinski definition) is 7. The molecule has 7 heteroatoms. The number of fused-ring (bicyclic) bond motifs is 2. The molecule has 98 valence electrons. The molecule has 0 aromatic heterocycles. The van der Waals surface area contributed by atoms with E-state index in [-0.39, 0.29) is 11.1 Å². The van der Waals surface area contributed by atoms with Gasteiger partial charge in [0.1, 0.15) is 11.2 Å². The van der Waals surface area contributed by atoms with E-state index in [1.165, 1.54) is 14.2 Å². The van der Waals surface area contributed by atoms with Gasteiger partial charge in [-0.15, -0.1) is 0 Å². The predicted octanol–water partition coefficient (Wildman–Crippen LogP) is -0.495. The molecule has 2 N–H and O–H groups in total. The molecule has 2 rings (SSSR count). The summed E-state index contributed by atoms with van der Waals surface area (Å²) in [6.45, 7) is 3.29. The summed E-state index contributed by atoms with van der Waals surface area (Å²) >= 11 is 0. The Bertz CT molecular complexity index is 510. The van der Waals surface area contributed by atoms with E-state index < -0.39 is 23.4 Å². The maximum absolute atomic E-state index is 11.8. The van der Waals surface area contributed by atoms with E-state index in [9.17, 15) is 9.59 Å². The first kappa shape index (κ1) is 12.7. The first-order valence-corrected chi connectivity index (χ1v) is 5.28. The third-order valence-corrected chi connectivity index (χ3v) is 3.25. The number of rotatable bonds is 2. The first-order valence-electron chi connectivity index (χ1n) is 5.28. The number of hydrogen-bond donors (Lipinski definition) is 1. The minimum Gasteiger partial charge on any atom is -0.466 e. The van der Waals surface area contributed by atoms with E-state index in [1.54, 1.807) is 13.8 Å². The van der Waals surface area contributed by atoms with Crippen molar-refractivity contribution < 1.29 is 23.8 Å². The van der Waals surface area contributed by atoms with E-state index in [0.29, 0.717) is 5.71 Å². The molecule has 0 aromatic carbocycles. The van der Waals surface area contributed by atoms with Crippen molar-refractivity contribution in [2.24, 2.45) is 10.7 Å². The van der Waals surface area contributed by atoms with Crippen molar-refractivity contribution in [3.8, 4) is 0 Å². The molecule has 18 heavy (non-hydrogen) atoms. The Morgan fingerprint density at radius 1 is 1.22 bits per heavy atom. The Kier molecular flexibility index (Phi) is 2.56. The number of methoxy groups -OCH3 is 2. The van der Waals surface area contributed by atoms with Gasteiger partial charge in [-0.05, 0) is 13.8 Å². The van der Waals surface area contributed by atoms with Gasteiger partial charge in [-0.2, -0.15) is 0 Å². The van der Waals surface area contributed by atoms with Crippen molar-refractivity contribution >= 4 is 17.7 Å². The molecule has 7 nitrogen and oxygen atoms in total. The van der Waals surface area contributed by atoms with Crippen LogP contribution in [0.1, 0.15) is 13.8 Å². The fourth-order valence-corrected chi connectivity index (χ4v) is 2.27. The van der Waals surface area contributed by atoms with Gasteiger partial charge >= 0.3 is 11.9 Å². The fraction of sp³-hybridized carbons (Fsp3) is 0.545. The van der Waals surface area contributed by atoms with Gasteiger partial charge in [0.15, 0.2) is 0 Å². The van der Waals surface area contributed by atoms with Crippen LogP contribution >= 0.6 is 0 Å². The van der Waals surface area contributed by atoms with Crippen molar-refractivity contribution in [3.05, 3.63) is 11.1 Å². The summed E-state index contributed by atoms with van der Waals surface area (Å²) in [5.74, 6) is -3.10. The van der Waals surface area contributed by atoms with Crippen LogP contribution in [0, 0.1) is 0 Å². The van der Waals surface area contributed by atoms with Gasteiger partial charge in [0, 0.05) is 0 Å². The van der Waals surface area contributed by atoms with Crippen LogP contribution in [-0.4, -0.2) is 43.3 Å². The second kappa shape index (κ2) is 3.63. The highest BCUT2D eigenvalue weighted by Crippen LogP contribution is 2.47. The SMILES string of the molecule is COC(=O)C1=C(C(=O)OC)C2(C)OC1(N)N=C2C. The molecule has 0 spiro atoms. The summed E-state index contributed by atoms with van der Waals surface area (Å²) < 4.78 is 14.8. The van der Waals surface area contributed by atoms with Crippen LogP contribution in [0.3, 0.4) is 0 Å². The first-order chi connectivity index (χ1) is 8.30. The number of ether oxygens (including phenoxy) is 3. The minimum absolute atomic E-state index is 0.0480. The zero-order valence-corrected chi connectivity index (χ0v) is 10.6. The summed E-state index contributed by atoms with van der Waals surface area (Å²) in [4.78, 5) is 27.7. The maximum Gasteiger partial charge on any atom is 0.340 e. The third kappa shape index (κ3) is 1.34. The smallest absolute Gasteiger partial charge is 0.340 e. The second-order valence-electron chi connectivity index (χ2n) is 4.26. The number of dihydropyridines is 1. The summed E-state index contributed by atoms with van der Waals surface area (Å²) in [7, 11) is 2.41. The van der Waals surface area contributed by atoms with Gasteiger partial charge in [0.25, 0.3) is 0 Å². The molecule has 0 aromatic rings. The quantitative estimate of drug-likeness (QED) is 0.667. The molecule has 0 saturated carbocycles. The Hall–Kier alpha value is -1.73. The Balaban J connectivity index is 2.66. The standard InChI is InChI=1S/C11H14N2O5/c1-5-10(2)6(8(14)16-3)7(9(15)17-4)11(12,13-5)18-10/h12H2,1-4H3. The minimum atomic E-state index is -1.67. The van der Waals surface area contributed by atoms with E-state index in [0.717, 1.165) is 0 Å². The lowest BCUT2D eigenvalue weighted by Crippen LogP contribution is -2.41. The van der Waals surface area contributed by atoms with Crippen molar-refractivity contribution in [2.75, 3.05) is 14.2 Å². The van der Waals surface area contributed by atoms with Gasteiger partial charge in [-0.25, -0.2) is 14.6 Å². The number of esters is 2. The maximum atomic E-state index is 11.8. The van der Waals surface area contributed by atoms with Crippen LogP contribution in [0.2, 0.25) is 0 Å². The molecular formula is C11H14N2O5. The highest BCUT2D eigenvalue weighted by Gasteiger charge is 2.63. The fourth-order valence-electron chi connectivity index (χ4n) is 2.27.